The van der Waals surface area contributed by atoms with Crippen molar-refractivity contribution in [2.24, 2.45) is 0 Å². The lowest BCUT2D eigenvalue weighted by Crippen LogP contribution is -2.26. The van der Waals surface area contributed by atoms with Gasteiger partial charge in [-0.1, -0.05) is 18.2 Å². The van der Waals surface area contributed by atoms with Gasteiger partial charge in [0.1, 0.15) is 41.6 Å². The fraction of sp³-hybridized carbons (Fsp3) is 0.171. The van der Waals surface area contributed by atoms with Crippen molar-refractivity contribution in [3.8, 4) is 17.0 Å². The fourth-order valence-electron chi connectivity index (χ4n) is 5.12. The maximum atomic E-state index is 15.4. The second-order valence-corrected chi connectivity index (χ2v) is 13.5. The summed E-state index contributed by atoms with van der Waals surface area (Å²) in [6, 6.07) is 20.4. The number of rotatable bonds is 14. The van der Waals surface area contributed by atoms with Crippen LogP contribution in [0.1, 0.15) is 22.7 Å². The molecule has 49 heavy (non-hydrogen) atoms. The first-order chi connectivity index (χ1) is 23.8. The van der Waals surface area contributed by atoms with E-state index in [2.05, 4.69) is 36.2 Å². The first kappa shape index (κ1) is 34.2. The molecule has 0 spiro atoms. The molecule has 0 atom stereocenters. The summed E-state index contributed by atoms with van der Waals surface area (Å²) in [5, 5.41) is 6.53. The van der Waals surface area contributed by atoms with Crippen LogP contribution in [0.2, 0.25) is 0 Å². The van der Waals surface area contributed by atoms with Crippen molar-refractivity contribution in [1.29, 1.82) is 0 Å². The van der Waals surface area contributed by atoms with Gasteiger partial charge in [-0.15, -0.1) is 11.3 Å². The number of nitrogens with zero attached hydrogens (tertiary/aromatic N) is 5. The third-order valence-electron chi connectivity index (χ3n) is 7.48. The third-order valence-corrected chi connectivity index (χ3v) is 9.48. The standard InChI is InChI=1S/C35H29BrF2N6O3S2/c36-29-16-26(9-10-33(29)47-19-23-5-3-6-24(37)15-23)42-35-28-17-27(30(38)18-31(28)40-21-41-35)32-20-48-34(43-32)8-4-13-44(22-49(45)46)14-11-25-7-1-2-12-39-25/h1-3,5-7,9-10,12,15-18,20-22H,4,8,11,13-14,19H2,(H,40,41,42). The van der Waals surface area contributed by atoms with Crippen LogP contribution in [-0.2, 0) is 29.7 Å². The van der Waals surface area contributed by atoms with E-state index in [1.165, 1.54) is 41.4 Å². The lowest BCUT2D eigenvalue weighted by atomic mass is 10.1. The molecule has 6 rings (SSSR count). The Morgan fingerprint density at radius 3 is 2.65 bits per heavy atom. The van der Waals surface area contributed by atoms with Crippen LogP contribution >= 0.6 is 27.3 Å². The second kappa shape index (κ2) is 16.2. The van der Waals surface area contributed by atoms with Crippen molar-refractivity contribution < 1.29 is 21.9 Å². The largest absolute Gasteiger partial charge is 0.488 e. The van der Waals surface area contributed by atoms with E-state index in [-0.39, 0.29) is 12.4 Å². The molecule has 0 aliphatic carbocycles. The lowest BCUT2D eigenvalue weighted by Gasteiger charge is -2.15. The number of pyridine rings is 1. The van der Waals surface area contributed by atoms with E-state index < -0.39 is 16.1 Å². The van der Waals surface area contributed by atoms with Crippen molar-refractivity contribution in [2.75, 3.05) is 18.4 Å². The Balaban J connectivity index is 1.13. The van der Waals surface area contributed by atoms with Crippen molar-refractivity contribution >= 4 is 65.5 Å². The number of hydrogen-bond acceptors (Lipinski definition) is 9. The molecule has 6 aromatic rings. The summed E-state index contributed by atoms with van der Waals surface area (Å²) in [5.41, 5.74) is 4.75. The summed E-state index contributed by atoms with van der Waals surface area (Å²) in [7, 11) is -2.32. The van der Waals surface area contributed by atoms with Gasteiger partial charge in [0, 0.05) is 65.9 Å². The van der Waals surface area contributed by atoms with Crippen LogP contribution < -0.4 is 10.1 Å². The van der Waals surface area contributed by atoms with Gasteiger partial charge in [0.2, 0.25) is 10.3 Å². The number of anilines is 2. The van der Waals surface area contributed by atoms with Crippen molar-refractivity contribution in [2.45, 2.75) is 25.9 Å². The first-order valence-electron chi connectivity index (χ1n) is 15.2. The molecule has 0 aliphatic rings. The van der Waals surface area contributed by atoms with E-state index >= 15 is 4.39 Å². The Morgan fingerprint density at radius 2 is 1.86 bits per heavy atom. The zero-order valence-corrected chi connectivity index (χ0v) is 29.1. The molecular weight excluding hydrogens is 734 g/mol. The van der Waals surface area contributed by atoms with Crippen molar-refractivity contribution in [3.63, 3.8) is 0 Å². The number of hydrogen-bond donors (Lipinski definition) is 1. The van der Waals surface area contributed by atoms with Gasteiger partial charge in [-0.3, -0.25) is 9.88 Å². The number of nitrogens with one attached hydrogen (secondary N) is 1. The summed E-state index contributed by atoms with van der Waals surface area (Å²) < 4.78 is 58.2. The highest BCUT2D eigenvalue weighted by molar-refractivity contribution is 9.10. The van der Waals surface area contributed by atoms with Crippen molar-refractivity contribution in [1.82, 2.24) is 24.8 Å². The first-order valence-corrected chi connectivity index (χ1v) is 18.0. The number of aryl methyl sites for hydroxylation is 1. The Labute approximate surface area is 295 Å². The highest BCUT2D eigenvalue weighted by atomic mass is 79.9. The van der Waals surface area contributed by atoms with Crippen molar-refractivity contribution in [3.05, 3.63) is 123 Å². The average Bonchev–Trinajstić information content (AvgIpc) is 3.55. The van der Waals surface area contributed by atoms with Gasteiger partial charge in [0.05, 0.1) is 20.7 Å². The van der Waals surface area contributed by atoms with Gasteiger partial charge in [0.15, 0.2) is 0 Å². The summed E-state index contributed by atoms with van der Waals surface area (Å²) in [6.45, 7) is 1.24. The topological polar surface area (TPSA) is 110 Å². The maximum absolute atomic E-state index is 15.4. The fourth-order valence-corrected chi connectivity index (χ4v) is 6.91. The van der Waals surface area contributed by atoms with Crippen LogP contribution in [0.25, 0.3) is 22.2 Å². The highest BCUT2D eigenvalue weighted by Gasteiger charge is 2.15. The molecule has 0 unspecified atom stereocenters. The molecule has 3 aromatic carbocycles. The van der Waals surface area contributed by atoms with Crippen LogP contribution in [0.15, 0.2) is 95.2 Å². The monoisotopic (exact) mass is 762 g/mol. The Bertz CT molecular complexity index is 2210. The maximum Gasteiger partial charge on any atom is 0.225 e. The second-order valence-electron chi connectivity index (χ2n) is 11.0. The highest BCUT2D eigenvalue weighted by Crippen LogP contribution is 2.34. The van der Waals surface area contributed by atoms with E-state index in [4.69, 9.17) is 9.72 Å². The van der Waals surface area contributed by atoms with E-state index in [0.717, 1.165) is 10.7 Å². The predicted octanol–water partition coefficient (Wildman–Crippen LogP) is 7.63. The normalized spacial score (nSPS) is 11.2. The number of thiazole rings is 1. The number of aromatic nitrogens is 4. The van der Waals surface area contributed by atoms with E-state index in [9.17, 15) is 12.8 Å². The minimum atomic E-state index is -2.32. The van der Waals surface area contributed by atoms with E-state index in [1.54, 1.807) is 35.4 Å². The molecule has 0 amide bonds. The summed E-state index contributed by atoms with van der Waals surface area (Å²) in [5.74, 6) is 0.296. The Hall–Kier alpha value is -4.63. The molecule has 3 heterocycles. The summed E-state index contributed by atoms with van der Waals surface area (Å²) in [4.78, 5) is 19.4. The predicted molar refractivity (Wildman–Crippen MR) is 192 cm³/mol. The minimum Gasteiger partial charge on any atom is -0.488 e. The molecule has 9 nitrogen and oxygen atoms in total. The van der Waals surface area contributed by atoms with Gasteiger partial charge < -0.3 is 10.1 Å². The van der Waals surface area contributed by atoms with Gasteiger partial charge in [-0.2, -0.15) is 8.42 Å². The molecule has 250 valence electrons. The van der Waals surface area contributed by atoms with Crippen LogP contribution in [0.5, 0.6) is 5.75 Å². The summed E-state index contributed by atoms with van der Waals surface area (Å²) in [6.07, 6.45) is 4.97. The number of benzene rings is 3. The number of ether oxygens (including phenoxy) is 1. The molecule has 0 saturated heterocycles. The molecule has 0 aliphatic heterocycles. The molecule has 1 N–H and O–H groups in total. The average molecular weight is 764 g/mol. The van der Waals surface area contributed by atoms with Crippen LogP contribution in [0.3, 0.4) is 0 Å². The summed E-state index contributed by atoms with van der Waals surface area (Å²) >= 11 is 4.97. The van der Waals surface area contributed by atoms with Gasteiger partial charge in [-0.25, -0.2) is 23.7 Å². The molecular formula is C35H29BrF2N6O3S2. The molecule has 3 aromatic heterocycles. The zero-order valence-electron chi connectivity index (χ0n) is 25.9. The number of fused-ring (bicyclic) bond motifs is 1. The molecule has 0 saturated carbocycles. The molecule has 0 bridgehead atoms. The lowest BCUT2D eigenvalue weighted by molar-refractivity contribution is 0.303. The van der Waals surface area contributed by atoms with Crippen LogP contribution in [0.4, 0.5) is 20.3 Å². The van der Waals surface area contributed by atoms with Gasteiger partial charge in [0.25, 0.3) is 0 Å². The molecule has 0 fully saturated rings. The van der Waals surface area contributed by atoms with Gasteiger partial charge in [-0.05, 0) is 76.4 Å². The van der Waals surface area contributed by atoms with Gasteiger partial charge >= 0.3 is 0 Å². The van der Waals surface area contributed by atoms with E-state index in [0.29, 0.717) is 81.8 Å². The smallest absolute Gasteiger partial charge is 0.225 e. The molecule has 0 radical (unpaired) electrons. The zero-order chi connectivity index (χ0) is 34.2. The Kier molecular flexibility index (Phi) is 11.3. The number of halogens is 3. The quantitative estimate of drug-likeness (QED) is 0.112. The van der Waals surface area contributed by atoms with Crippen LogP contribution in [-0.4, -0.2) is 51.8 Å². The third kappa shape index (κ3) is 9.29. The Morgan fingerprint density at radius 1 is 0.959 bits per heavy atom. The molecule has 14 heteroatoms. The SMILES string of the molecule is O=S(=O)=CN(CCCc1nc(-c2cc3c(Nc4ccc(OCc5cccc(F)c5)c(Br)c4)ncnc3cc2F)cs1)CCc1ccccn1. The van der Waals surface area contributed by atoms with Crippen LogP contribution in [0, 0.1) is 11.6 Å². The van der Waals surface area contributed by atoms with E-state index in [1.807, 2.05) is 35.7 Å². The minimum absolute atomic E-state index is 0.208.